The van der Waals surface area contributed by atoms with E-state index in [0.29, 0.717) is 43.4 Å². The number of allylic oxidation sites excluding steroid dienone is 1. The number of aryl methyl sites for hydroxylation is 1. The lowest BCUT2D eigenvalue weighted by Crippen LogP contribution is -2.39. The molecule has 0 bridgehead atoms. The molecule has 0 aliphatic carbocycles. The lowest BCUT2D eigenvalue weighted by Gasteiger charge is -2.25. The van der Waals surface area contributed by atoms with Crippen LogP contribution in [0.3, 0.4) is 0 Å². The van der Waals surface area contributed by atoms with E-state index in [1.165, 1.54) is 10.6 Å². The molecular weight excluding hydrogens is 558 g/mol. The smallest absolute Gasteiger partial charge is 0.338 e. The van der Waals surface area contributed by atoms with Gasteiger partial charge in [-0.15, -0.1) is 0 Å². The van der Waals surface area contributed by atoms with Crippen molar-refractivity contribution < 1.29 is 23.6 Å². The highest BCUT2D eigenvalue weighted by atomic mass is 32.1. The Balaban J connectivity index is 1.61. The summed E-state index contributed by atoms with van der Waals surface area (Å²) in [5.41, 5.74) is 2.10. The molecule has 0 unspecified atom stereocenters. The molecule has 5 rings (SSSR count). The van der Waals surface area contributed by atoms with Gasteiger partial charge >= 0.3 is 5.97 Å². The maximum atomic E-state index is 13.9. The van der Waals surface area contributed by atoms with Gasteiger partial charge in [0.05, 0.1) is 45.0 Å². The summed E-state index contributed by atoms with van der Waals surface area (Å²) in [6.07, 6.45) is 1.57. The Labute approximate surface area is 245 Å². The maximum absolute atomic E-state index is 13.9. The number of nitrogens with zero attached hydrogens (tertiary/aromatic N) is 3. The normalized spacial score (nSPS) is 15.0. The average Bonchev–Trinajstić information content (AvgIpc) is 3.52. The number of fused-ring (bicyclic) bond motifs is 1. The van der Waals surface area contributed by atoms with Crippen LogP contribution in [0.4, 0.5) is 5.69 Å². The minimum absolute atomic E-state index is 0.00924. The number of esters is 1. The van der Waals surface area contributed by atoms with Crippen LogP contribution in [0.1, 0.15) is 50.6 Å². The number of nitro groups is 1. The number of carbonyl (C=O) groups excluding carboxylic acids is 1. The largest absolute Gasteiger partial charge is 0.491 e. The standard InChI is InChI=1S/C31H29N3O7S/c1-6-39-30(36)27-19(5)32-31-33(28(27)20-8-10-21(11-9-20)40-17(2)3)29(35)26(42-31)16-22-12-14-25(41-22)23-13-7-18(4)15-24(23)34(37)38/h7-17,28H,6H2,1-5H3/b26-16-/t28-/m1/s1. The van der Waals surface area contributed by atoms with Crippen molar-refractivity contribution in [3.63, 3.8) is 0 Å². The van der Waals surface area contributed by atoms with Crippen molar-refractivity contribution in [2.45, 2.75) is 46.8 Å². The van der Waals surface area contributed by atoms with Crippen LogP contribution in [0.15, 0.2) is 80.1 Å². The van der Waals surface area contributed by atoms with Crippen molar-refractivity contribution >= 4 is 29.1 Å². The Morgan fingerprint density at radius 3 is 2.57 bits per heavy atom. The van der Waals surface area contributed by atoms with E-state index in [2.05, 4.69) is 4.99 Å². The first-order chi connectivity index (χ1) is 20.1. The number of nitro benzene ring substituents is 1. The van der Waals surface area contributed by atoms with Crippen molar-refractivity contribution in [3.8, 4) is 17.1 Å². The zero-order valence-corrected chi connectivity index (χ0v) is 24.6. The van der Waals surface area contributed by atoms with E-state index in [9.17, 15) is 19.7 Å². The molecule has 0 saturated heterocycles. The maximum Gasteiger partial charge on any atom is 0.338 e. The van der Waals surface area contributed by atoms with Crippen LogP contribution in [-0.4, -0.2) is 28.2 Å². The molecule has 0 amide bonds. The molecule has 11 heteroatoms. The van der Waals surface area contributed by atoms with Crippen LogP contribution in [-0.2, 0) is 9.53 Å². The first-order valence-electron chi connectivity index (χ1n) is 13.4. The first kappa shape index (κ1) is 28.7. The van der Waals surface area contributed by atoms with Gasteiger partial charge in [0.2, 0.25) is 0 Å². The molecule has 216 valence electrons. The van der Waals surface area contributed by atoms with Gasteiger partial charge in [-0.2, -0.15) is 0 Å². The Bertz CT molecular complexity index is 1900. The molecule has 1 aliphatic heterocycles. The summed E-state index contributed by atoms with van der Waals surface area (Å²) in [5.74, 6) is 0.777. The van der Waals surface area contributed by atoms with Crippen LogP contribution in [0.25, 0.3) is 17.4 Å². The average molecular weight is 588 g/mol. The highest BCUT2D eigenvalue weighted by Gasteiger charge is 2.33. The summed E-state index contributed by atoms with van der Waals surface area (Å²) < 4.78 is 18.9. The van der Waals surface area contributed by atoms with Crippen LogP contribution in [0.2, 0.25) is 0 Å². The molecule has 3 heterocycles. The van der Waals surface area contributed by atoms with Crippen molar-refractivity contribution in [2.24, 2.45) is 4.99 Å². The first-order valence-corrected chi connectivity index (χ1v) is 14.2. The van der Waals surface area contributed by atoms with Crippen molar-refractivity contribution in [3.05, 3.63) is 113 Å². The van der Waals surface area contributed by atoms with Crippen molar-refractivity contribution in [1.82, 2.24) is 4.57 Å². The summed E-state index contributed by atoms with van der Waals surface area (Å²) in [6.45, 7) is 9.26. The van der Waals surface area contributed by atoms with Gasteiger partial charge in [0.25, 0.3) is 11.2 Å². The molecule has 10 nitrogen and oxygen atoms in total. The molecule has 0 N–H and O–H groups in total. The molecule has 0 spiro atoms. The summed E-state index contributed by atoms with van der Waals surface area (Å²) in [7, 11) is 0. The van der Waals surface area contributed by atoms with Crippen LogP contribution in [0, 0.1) is 17.0 Å². The highest BCUT2D eigenvalue weighted by Crippen LogP contribution is 2.33. The van der Waals surface area contributed by atoms with Gasteiger partial charge < -0.3 is 13.9 Å². The van der Waals surface area contributed by atoms with Gasteiger partial charge in [0.15, 0.2) is 4.80 Å². The van der Waals surface area contributed by atoms with Gasteiger partial charge in [-0.1, -0.05) is 29.5 Å². The number of thiazole rings is 1. The van der Waals surface area contributed by atoms with E-state index in [1.807, 2.05) is 26.0 Å². The van der Waals surface area contributed by atoms with Gasteiger partial charge in [-0.05, 0) is 76.1 Å². The van der Waals surface area contributed by atoms with Gasteiger partial charge in [-0.3, -0.25) is 19.5 Å². The summed E-state index contributed by atoms with van der Waals surface area (Å²) in [4.78, 5) is 43.1. The van der Waals surface area contributed by atoms with E-state index in [-0.39, 0.29) is 29.5 Å². The molecule has 0 fully saturated rings. The molecule has 0 saturated carbocycles. The minimum atomic E-state index is -0.766. The van der Waals surface area contributed by atoms with Crippen LogP contribution in [0.5, 0.6) is 5.75 Å². The number of aromatic nitrogens is 1. The molecule has 0 radical (unpaired) electrons. The van der Waals surface area contributed by atoms with Crippen LogP contribution >= 0.6 is 11.3 Å². The van der Waals surface area contributed by atoms with E-state index >= 15 is 0 Å². The Morgan fingerprint density at radius 1 is 1.17 bits per heavy atom. The van der Waals surface area contributed by atoms with Crippen LogP contribution < -0.4 is 19.6 Å². The lowest BCUT2D eigenvalue weighted by atomic mass is 9.96. The third-order valence-electron chi connectivity index (χ3n) is 6.60. The van der Waals surface area contributed by atoms with Crippen molar-refractivity contribution in [1.29, 1.82) is 0 Å². The number of carbonyl (C=O) groups is 1. The Morgan fingerprint density at radius 2 is 1.90 bits per heavy atom. The quantitative estimate of drug-likeness (QED) is 0.160. The van der Waals surface area contributed by atoms with Crippen molar-refractivity contribution in [2.75, 3.05) is 6.61 Å². The zero-order chi connectivity index (χ0) is 30.1. The van der Waals surface area contributed by atoms with Gasteiger partial charge in [0, 0.05) is 12.1 Å². The second-order valence-electron chi connectivity index (χ2n) is 10.0. The number of rotatable bonds is 8. The number of benzene rings is 2. The molecule has 1 aliphatic rings. The predicted octanol–water partition coefficient (Wildman–Crippen LogP) is 5.06. The SMILES string of the molecule is CCOC(=O)C1=C(C)N=c2s/c(=C\c3ccc(-c4ccc(C)cc4[N+](=O)[O-])o3)c(=O)n2[C@@H]1c1ccc(OC(C)C)cc1. The molecule has 1 atom stereocenters. The fraction of sp³-hybridized carbons (Fsp3) is 0.258. The zero-order valence-electron chi connectivity index (χ0n) is 23.7. The Hall–Kier alpha value is -4.77. The topological polar surface area (TPSA) is 126 Å². The third kappa shape index (κ3) is 5.55. The minimum Gasteiger partial charge on any atom is -0.491 e. The highest BCUT2D eigenvalue weighted by molar-refractivity contribution is 7.07. The Kier molecular flexibility index (Phi) is 7.95. The second kappa shape index (κ2) is 11.6. The number of hydrogen-bond donors (Lipinski definition) is 0. The fourth-order valence-electron chi connectivity index (χ4n) is 4.81. The van der Waals surface area contributed by atoms with E-state index in [0.717, 1.165) is 16.9 Å². The summed E-state index contributed by atoms with van der Waals surface area (Å²) in [5, 5.41) is 11.6. The van der Waals surface area contributed by atoms with Gasteiger partial charge in [-0.25, -0.2) is 9.79 Å². The molecule has 4 aromatic rings. The predicted molar refractivity (Wildman–Crippen MR) is 158 cm³/mol. The van der Waals surface area contributed by atoms with E-state index < -0.39 is 16.9 Å². The summed E-state index contributed by atoms with van der Waals surface area (Å²) in [6, 6.07) is 14.7. The molecular formula is C31H29N3O7S. The van der Waals surface area contributed by atoms with E-state index in [4.69, 9.17) is 13.9 Å². The molecule has 2 aromatic heterocycles. The fourth-order valence-corrected chi connectivity index (χ4v) is 5.84. The lowest BCUT2D eigenvalue weighted by molar-refractivity contribution is -0.384. The van der Waals surface area contributed by atoms with Gasteiger partial charge in [0.1, 0.15) is 17.3 Å². The molecule has 2 aromatic carbocycles. The van der Waals surface area contributed by atoms with E-state index in [1.54, 1.807) is 63.2 Å². The molecule has 42 heavy (non-hydrogen) atoms. The third-order valence-corrected chi connectivity index (χ3v) is 7.58. The summed E-state index contributed by atoms with van der Waals surface area (Å²) >= 11 is 1.16. The number of furan rings is 1. The number of hydrogen-bond acceptors (Lipinski definition) is 9. The number of ether oxygens (including phenoxy) is 2. The monoisotopic (exact) mass is 587 g/mol. The second-order valence-corrected chi connectivity index (χ2v) is 11.0.